The molecular weight excluding hydrogens is 272 g/mol. The van der Waals surface area contributed by atoms with Crippen LogP contribution in [0.1, 0.15) is 5.56 Å². The second-order valence-electron chi connectivity index (χ2n) is 5.27. The van der Waals surface area contributed by atoms with E-state index in [4.69, 9.17) is 0 Å². The number of rotatable bonds is 2. The van der Waals surface area contributed by atoms with Crippen molar-refractivity contribution in [3.63, 3.8) is 0 Å². The van der Waals surface area contributed by atoms with Crippen LogP contribution in [0.3, 0.4) is 0 Å². The first kappa shape index (κ1) is 12.7. The summed E-state index contributed by atoms with van der Waals surface area (Å²) in [5.74, 6) is 0.753. The minimum atomic E-state index is 0.753. The smallest absolute Gasteiger partial charge is 0.159 e. The van der Waals surface area contributed by atoms with Crippen molar-refractivity contribution in [1.29, 1.82) is 0 Å². The molecule has 0 saturated heterocycles. The average molecular weight is 286 g/mol. The molecule has 0 saturated carbocycles. The Morgan fingerprint density at radius 3 is 2.64 bits per heavy atom. The van der Waals surface area contributed by atoms with Gasteiger partial charge in [-0.2, -0.15) is 0 Å². The molecule has 22 heavy (non-hydrogen) atoms. The summed E-state index contributed by atoms with van der Waals surface area (Å²) in [6.07, 6.45) is 7.34. The summed E-state index contributed by atoms with van der Waals surface area (Å²) in [7, 11) is 0. The van der Waals surface area contributed by atoms with Crippen LogP contribution >= 0.6 is 0 Å². The highest BCUT2D eigenvalue weighted by molar-refractivity contribution is 5.81. The van der Waals surface area contributed by atoms with Crippen molar-refractivity contribution in [2.75, 3.05) is 0 Å². The summed E-state index contributed by atoms with van der Waals surface area (Å²) in [6.45, 7) is 2.07. The van der Waals surface area contributed by atoms with Crippen molar-refractivity contribution in [1.82, 2.24) is 19.5 Å². The van der Waals surface area contributed by atoms with Crippen molar-refractivity contribution < 1.29 is 0 Å². The number of hydrogen-bond donors (Lipinski definition) is 0. The number of hydrogen-bond acceptors (Lipinski definition) is 3. The molecule has 4 aromatic rings. The zero-order valence-corrected chi connectivity index (χ0v) is 12.1. The van der Waals surface area contributed by atoms with Crippen LogP contribution in [-0.4, -0.2) is 19.5 Å². The lowest BCUT2D eigenvalue weighted by Gasteiger charge is -2.06. The number of imidazole rings is 1. The number of benzene rings is 2. The third kappa shape index (κ3) is 2.24. The molecule has 0 bridgehead atoms. The molecule has 0 radical (unpaired) electrons. The van der Waals surface area contributed by atoms with Crippen LogP contribution in [-0.2, 0) is 0 Å². The Kier molecular flexibility index (Phi) is 2.93. The molecule has 0 aliphatic rings. The number of aromatic nitrogens is 4. The van der Waals surface area contributed by atoms with E-state index in [1.54, 1.807) is 12.5 Å². The summed E-state index contributed by atoms with van der Waals surface area (Å²) >= 11 is 0. The SMILES string of the molecule is Cc1ccc(-c2ncc3cc(-n4ccnc4)ccc3n2)cc1. The zero-order valence-electron chi connectivity index (χ0n) is 12.1. The van der Waals surface area contributed by atoms with Gasteiger partial charge in [0.2, 0.25) is 0 Å². The molecule has 2 aromatic heterocycles. The molecule has 4 rings (SSSR count). The van der Waals surface area contributed by atoms with Crippen LogP contribution in [0.4, 0.5) is 0 Å². The highest BCUT2D eigenvalue weighted by atomic mass is 15.0. The first-order valence-corrected chi connectivity index (χ1v) is 7.12. The van der Waals surface area contributed by atoms with Gasteiger partial charge < -0.3 is 4.57 Å². The van der Waals surface area contributed by atoms with Gasteiger partial charge in [0.15, 0.2) is 5.82 Å². The predicted octanol–water partition coefficient (Wildman–Crippen LogP) is 3.79. The fraction of sp³-hybridized carbons (Fsp3) is 0.0556. The van der Waals surface area contributed by atoms with E-state index >= 15 is 0 Å². The monoisotopic (exact) mass is 286 g/mol. The Balaban J connectivity index is 1.78. The topological polar surface area (TPSA) is 43.6 Å². The Hall–Kier alpha value is -3.01. The normalized spacial score (nSPS) is 11.0. The third-order valence-electron chi connectivity index (χ3n) is 3.68. The lowest BCUT2D eigenvalue weighted by atomic mass is 10.1. The molecule has 0 aliphatic heterocycles. The van der Waals surface area contributed by atoms with Crippen LogP contribution in [0.5, 0.6) is 0 Å². The molecule has 4 nitrogen and oxygen atoms in total. The lowest BCUT2D eigenvalue weighted by molar-refractivity contribution is 1.06. The van der Waals surface area contributed by atoms with E-state index in [0.717, 1.165) is 28.0 Å². The number of aryl methyl sites for hydroxylation is 1. The summed E-state index contributed by atoms with van der Waals surface area (Å²) in [5.41, 5.74) is 4.26. The second kappa shape index (κ2) is 5.07. The van der Waals surface area contributed by atoms with Gasteiger partial charge in [0, 0.05) is 35.2 Å². The first-order valence-electron chi connectivity index (χ1n) is 7.12. The Morgan fingerprint density at radius 2 is 1.86 bits per heavy atom. The standard InChI is InChI=1S/C18H14N4/c1-13-2-4-14(5-3-13)18-20-11-15-10-16(6-7-17(15)21-18)22-9-8-19-12-22/h2-12H,1H3. The molecule has 0 unspecified atom stereocenters. The van der Waals surface area contributed by atoms with Gasteiger partial charge in [-0.1, -0.05) is 29.8 Å². The van der Waals surface area contributed by atoms with Crippen LogP contribution in [0, 0.1) is 6.92 Å². The van der Waals surface area contributed by atoms with E-state index in [9.17, 15) is 0 Å². The van der Waals surface area contributed by atoms with Gasteiger partial charge in [0.05, 0.1) is 11.8 Å². The Morgan fingerprint density at radius 1 is 1.00 bits per heavy atom. The van der Waals surface area contributed by atoms with E-state index in [1.165, 1.54) is 5.56 Å². The van der Waals surface area contributed by atoms with E-state index < -0.39 is 0 Å². The van der Waals surface area contributed by atoms with Crippen molar-refractivity contribution in [2.45, 2.75) is 6.92 Å². The highest BCUT2D eigenvalue weighted by Crippen LogP contribution is 2.21. The van der Waals surface area contributed by atoms with Crippen LogP contribution in [0.15, 0.2) is 67.4 Å². The minimum Gasteiger partial charge on any atom is -0.306 e. The van der Waals surface area contributed by atoms with Gasteiger partial charge in [0.1, 0.15) is 0 Å². The maximum atomic E-state index is 4.66. The molecule has 2 aromatic carbocycles. The fourth-order valence-corrected chi connectivity index (χ4v) is 2.43. The average Bonchev–Trinajstić information content (AvgIpc) is 3.09. The summed E-state index contributed by atoms with van der Waals surface area (Å²) in [5, 5.41) is 1.02. The highest BCUT2D eigenvalue weighted by Gasteiger charge is 2.04. The zero-order chi connectivity index (χ0) is 14.9. The maximum Gasteiger partial charge on any atom is 0.159 e. The minimum absolute atomic E-state index is 0.753. The molecular formula is C18H14N4. The van der Waals surface area contributed by atoms with Crippen LogP contribution in [0.25, 0.3) is 28.0 Å². The molecule has 106 valence electrons. The van der Waals surface area contributed by atoms with E-state index in [-0.39, 0.29) is 0 Å². The van der Waals surface area contributed by atoms with Crippen molar-refractivity contribution in [2.24, 2.45) is 0 Å². The lowest BCUT2D eigenvalue weighted by Crippen LogP contribution is -1.93. The van der Waals surface area contributed by atoms with E-state index in [2.05, 4.69) is 52.2 Å². The molecule has 0 fully saturated rings. The summed E-state index contributed by atoms with van der Waals surface area (Å²) in [6, 6.07) is 14.4. The summed E-state index contributed by atoms with van der Waals surface area (Å²) in [4.78, 5) is 13.2. The van der Waals surface area contributed by atoms with Gasteiger partial charge in [0.25, 0.3) is 0 Å². The molecule has 0 aliphatic carbocycles. The molecule has 4 heteroatoms. The summed E-state index contributed by atoms with van der Waals surface area (Å²) < 4.78 is 1.97. The van der Waals surface area contributed by atoms with Gasteiger partial charge in [-0.15, -0.1) is 0 Å². The van der Waals surface area contributed by atoms with Crippen molar-refractivity contribution in [3.8, 4) is 17.1 Å². The van der Waals surface area contributed by atoms with Gasteiger partial charge in [-0.05, 0) is 25.1 Å². The number of nitrogens with zero attached hydrogens (tertiary/aromatic N) is 4. The van der Waals surface area contributed by atoms with E-state index in [0.29, 0.717) is 0 Å². The molecule has 2 heterocycles. The Bertz CT molecular complexity index is 925. The maximum absolute atomic E-state index is 4.66. The van der Waals surface area contributed by atoms with Gasteiger partial charge in [-0.3, -0.25) is 0 Å². The van der Waals surface area contributed by atoms with Crippen molar-refractivity contribution in [3.05, 3.63) is 72.9 Å². The van der Waals surface area contributed by atoms with Gasteiger partial charge >= 0.3 is 0 Å². The molecule has 0 amide bonds. The van der Waals surface area contributed by atoms with Crippen LogP contribution < -0.4 is 0 Å². The fourth-order valence-electron chi connectivity index (χ4n) is 2.43. The van der Waals surface area contributed by atoms with Crippen molar-refractivity contribution >= 4 is 10.9 Å². The molecule has 0 N–H and O–H groups in total. The Labute approximate surface area is 128 Å². The first-order chi connectivity index (χ1) is 10.8. The quantitative estimate of drug-likeness (QED) is 0.563. The predicted molar refractivity (Wildman–Crippen MR) is 86.8 cm³/mol. The largest absolute Gasteiger partial charge is 0.306 e. The van der Waals surface area contributed by atoms with E-state index in [1.807, 2.05) is 29.1 Å². The number of fused-ring (bicyclic) bond motifs is 1. The molecule has 0 spiro atoms. The molecule has 0 atom stereocenters. The second-order valence-corrected chi connectivity index (χ2v) is 5.27. The third-order valence-corrected chi connectivity index (χ3v) is 3.68. The van der Waals surface area contributed by atoms with Gasteiger partial charge in [-0.25, -0.2) is 15.0 Å². The van der Waals surface area contributed by atoms with Crippen LogP contribution in [0.2, 0.25) is 0 Å².